The quantitative estimate of drug-likeness (QED) is 0.393. The Bertz CT molecular complexity index is 997. The molecule has 2 amide bonds. The topological polar surface area (TPSA) is 105 Å². The predicted molar refractivity (Wildman–Crippen MR) is 131 cm³/mol. The Hall–Kier alpha value is -2.16. The summed E-state index contributed by atoms with van der Waals surface area (Å²) >= 11 is 6.39. The molecule has 0 radical (unpaired) electrons. The number of aliphatic hydroxyl groups excluding tert-OH is 1. The van der Waals surface area contributed by atoms with Gasteiger partial charge in [0.15, 0.2) is 0 Å². The number of amides is 2. The van der Waals surface area contributed by atoms with Crippen LogP contribution in [0.3, 0.4) is 0 Å². The number of carbonyl (C=O) groups is 3. The van der Waals surface area contributed by atoms with E-state index in [1.165, 1.54) is 0 Å². The third-order valence-corrected chi connectivity index (χ3v) is 8.45. The van der Waals surface area contributed by atoms with Crippen molar-refractivity contribution in [1.29, 1.82) is 0 Å². The maximum Gasteiger partial charge on any atom is 0.312 e. The minimum absolute atomic E-state index is 0.0485. The highest BCUT2D eigenvalue weighted by Gasteiger charge is 2.80. The summed E-state index contributed by atoms with van der Waals surface area (Å²) in [5, 5.41) is 12.5. The zero-order valence-electron chi connectivity index (χ0n) is 20.8. The van der Waals surface area contributed by atoms with Gasteiger partial charge in [-0.15, -0.1) is 0 Å². The number of anilines is 1. The first-order chi connectivity index (χ1) is 16.6. The fraction of sp³-hybridized carbons (Fsp3) is 0.654. The Balaban J connectivity index is 1.74. The molecule has 2 bridgehead atoms. The van der Waals surface area contributed by atoms with Crippen molar-refractivity contribution in [3.8, 4) is 0 Å². The highest BCUT2D eigenvalue weighted by molar-refractivity contribution is 6.34. The molecule has 0 saturated carbocycles. The average Bonchev–Trinajstić information content (AvgIpc) is 3.31. The van der Waals surface area contributed by atoms with Crippen LogP contribution < -0.4 is 5.32 Å². The second-order valence-electron chi connectivity index (χ2n) is 10.2. The maximum absolute atomic E-state index is 13.9. The summed E-state index contributed by atoms with van der Waals surface area (Å²) in [5.41, 5.74) is -0.714. The van der Waals surface area contributed by atoms with Gasteiger partial charge in [-0.25, -0.2) is 0 Å². The molecule has 0 aromatic heterocycles. The number of nitrogens with zero attached hydrogens (tertiary/aromatic N) is 1. The van der Waals surface area contributed by atoms with E-state index in [2.05, 4.69) is 5.32 Å². The van der Waals surface area contributed by atoms with Crippen LogP contribution in [0.5, 0.6) is 0 Å². The maximum atomic E-state index is 13.9. The number of rotatable bonds is 9. The number of benzene rings is 1. The van der Waals surface area contributed by atoms with Gasteiger partial charge in [-0.05, 0) is 64.0 Å². The summed E-state index contributed by atoms with van der Waals surface area (Å²) in [4.78, 5) is 42.5. The number of hydrogen-bond acceptors (Lipinski definition) is 6. The molecule has 2 N–H and O–H groups in total. The van der Waals surface area contributed by atoms with E-state index in [0.717, 1.165) is 5.56 Å². The zero-order chi connectivity index (χ0) is 25.5. The van der Waals surface area contributed by atoms with Gasteiger partial charge in [-0.3, -0.25) is 14.4 Å². The summed E-state index contributed by atoms with van der Waals surface area (Å²) < 4.78 is 12.0. The van der Waals surface area contributed by atoms with Crippen LogP contribution in [-0.4, -0.2) is 64.8 Å². The van der Waals surface area contributed by atoms with Crippen molar-refractivity contribution in [3.05, 3.63) is 28.8 Å². The lowest BCUT2D eigenvalue weighted by molar-refractivity contribution is -0.160. The van der Waals surface area contributed by atoms with Crippen molar-refractivity contribution in [1.82, 2.24) is 4.90 Å². The van der Waals surface area contributed by atoms with Gasteiger partial charge in [0.2, 0.25) is 11.8 Å². The average molecular weight is 507 g/mol. The summed E-state index contributed by atoms with van der Waals surface area (Å²) in [7, 11) is 0. The Kier molecular flexibility index (Phi) is 7.19. The second-order valence-corrected chi connectivity index (χ2v) is 10.6. The van der Waals surface area contributed by atoms with Gasteiger partial charge in [0, 0.05) is 13.2 Å². The standard InChI is InChI=1S/C26H35ClN2O6/c1-5-34-24(33)19-18-23(32)29(12-7-6-8-13-30)21(26(18)14-16(3)25(19,4)35-26)22(31)28-20-15(2)10-9-11-17(20)27/h9-11,16,18-19,21,30H,5-8,12-14H2,1-4H3,(H,28,31)/t16?,18-,19+,21?,25-,26?/m0/s1. The van der Waals surface area contributed by atoms with Crippen molar-refractivity contribution in [3.63, 3.8) is 0 Å². The minimum atomic E-state index is -1.13. The predicted octanol–water partition coefficient (Wildman–Crippen LogP) is 3.32. The van der Waals surface area contributed by atoms with Crippen LogP contribution in [0.4, 0.5) is 5.69 Å². The van der Waals surface area contributed by atoms with Crippen LogP contribution in [0.1, 0.15) is 52.0 Å². The molecular weight excluding hydrogens is 472 g/mol. The third kappa shape index (κ3) is 4.03. The molecule has 1 aromatic rings. The normalized spacial score (nSPS) is 33.2. The molecule has 3 unspecified atom stereocenters. The number of aliphatic hydroxyl groups is 1. The smallest absolute Gasteiger partial charge is 0.312 e. The van der Waals surface area contributed by atoms with Gasteiger partial charge >= 0.3 is 5.97 Å². The van der Waals surface area contributed by atoms with Crippen molar-refractivity contribution >= 4 is 35.1 Å². The van der Waals surface area contributed by atoms with Crippen LogP contribution in [0.15, 0.2) is 18.2 Å². The summed E-state index contributed by atoms with van der Waals surface area (Å²) in [6.45, 7) is 8.05. The van der Waals surface area contributed by atoms with E-state index in [1.807, 2.05) is 32.9 Å². The third-order valence-electron chi connectivity index (χ3n) is 8.13. The molecule has 0 aliphatic carbocycles. The summed E-state index contributed by atoms with van der Waals surface area (Å²) in [6.07, 6.45) is 2.44. The highest BCUT2D eigenvalue weighted by Crippen LogP contribution is 2.65. The largest absolute Gasteiger partial charge is 0.466 e. The van der Waals surface area contributed by atoms with Crippen molar-refractivity contribution < 1.29 is 29.0 Å². The Morgan fingerprint density at radius 2 is 2.06 bits per heavy atom. The number of para-hydroxylation sites is 1. The number of aryl methyl sites for hydroxylation is 1. The number of halogens is 1. The molecule has 1 aromatic carbocycles. The van der Waals surface area contributed by atoms with Crippen molar-refractivity contribution in [2.75, 3.05) is 25.1 Å². The molecule has 1 spiro atoms. The molecule has 9 heteroatoms. The van der Waals surface area contributed by atoms with Crippen LogP contribution in [0, 0.1) is 24.7 Å². The number of likely N-dealkylation sites (tertiary alicyclic amines) is 1. The van der Waals surface area contributed by atoms with E-state index in [0.29, 0.717) is 42.9 Å². The zero-order valence-corrected chi connectivity index (χ0v) is 21.6. The van der Waals surface area contributed by atoms with Gasteiger partial charge in [0.1, 0.15) is 17.6 Å². The molecule has 3 fully saturated rings. The number of unbranched alkanes of at least 4 members (excludes halogenated alkanes) is 2. The fourth-order valence-electron chi connectivity index (χ4n) is 6.42. The Morgan fingerprint density at radius 1 is 1.31 bits per heavy atom. The summed E-state index contributed by atoms with van der Waals surface area (Å²) in [6, 6.07) is 4.46. The van der Waals surface area contributed by atoms with Gasteiger partial charge in [0.05, 0.1) is 28.8 Å². The van der Waals surface area contributed by atoms with Crippen molar-refractivity contribution in [2.24, 2.45) is 17.8 Å². The number of nitrogens with one attached hydrogen (secondary N) is 1. The van der Waals surface area contributed by atoms with Gasteiger partial charge in [0.25, 0.3) is 0 Å². The second kappa shape index (κ2) is 9.71. The SMILES string of the molecule is CCOC(=O)[C@H]1[C@H]2C(=O)N(CCCCCO)C(C(=O)Nc3c(C)cccc3Cl)C23CC(C)[C@]1(C)O3. The number of esters is 1. The number of ether oxygens (including phenoxy) is 2. The van der Waals surface area contributed by atoms with E-state index in [1.54, 1.807) is 17.9 Å². The number of fused-ring (bicyclic) bond motifs is 1. The molecular formula is C26H35ClN2O6. The molecule has 192 valence electrons. The van der Waals surface area contributed by atoms with Crippen LogP contribution in [0.2, 0.25) is 5.02 Å². The molecule has 35 heavy (non-hydrogen) atoms. The minimum Gasteiger partial charge on any atom is -0.466 e. The molecule has 3 aliphatic rings. The lowest BCUT2D eigenvalue weighted by atomic mass is 9.62. The fourth-order valence-corrected chi connectivity index (χ4v) is 6.69. The molecule has 6 atom stereocenters. The van der Waals surface area contributed by atoms with Crippen LogP contribution >= 0.6 is 11.6 Å². The van der Waals surface area contributed by atoms with Gasteiger partial charge in [-0.1, -0.05) is 30.7 Å². The first kappa shape index (κ1) is 25.9. The van der Waals surface area contributed by atoms with Gasteiger partial charge in [-0.2, -0.15) is 0 Å². The van der Waals surface area contributed by atoms with Crippen LogP contribution in [-0.2, 0) is 23.9 Å². The highest BCUT2D eigenvalue weighted by atomic mass is 35.5. The molecule has 3 heterocycles. The Labute approximate surface area is 211 Å². The van der Waals surface area contributed by atoms with Crippen molar-refractivity contribution in [2.45, 2.75) is 70.6 Å². The monoisotopic (exact) mass is 506 g/mol. The van der Waals surface area contributed by atoms with E-state index < -0.39 is 35.0 Å². The molecule has 4 rings (SSSR count). The summed E-state index contributed by atoms with van der Waals surface area (Å²) in [5.74, 6) is -2.70. The number of carbonyl (C=O) groups excluding carboxylic acids is 3. The number of hydrogen-bond donors (Lipinski definition) is 2. The van der Waals surface area contributed by atoms with E-state index >= 15 is 0 Å². The lowest BCUT2D eigenvalue weighted by Gasteiger charge is -2.35. The Morgan fingerprint density at radius 3 is 2.71 bits per heavy atom. The van der Waals surface area contributed by atoms with E-state index in [4.69, 9.17) is 26.2 Å². The van der Waals surface area contributed by atoms with Crippen LogP contribution in [0.25, 0.3) is 0 Å². The first-order valence-electron chi connectivity index (χ1n) is 12.5. The van der Waals surface area contributed by atoms with Gasteiger partial charge < -0.3 is 24.8 Å². The lowest BCUT2D eigenvalue weighted by Crippen LogP contribution is -2.54. The molecule has 3 aliphatic heterocycles. The molecule has 3 saturated heterocycles. The van der Waals surface area contributed by atoms with E-state index in [9.17, 15) is 14.4 Å². The first-order valence-corrected chi connectivity index (χ1v) is 12.8. The molecule has 8 nitrogen and oxygen atoms in total. The van der Waals surface area contributed by atoms with E-state index in [-0.39, 0.29) is 30.9 Å².